The molecule has 200 valence electrons. The van der Waals surface area contributed by atoms with Gasteiger partial charge in [-0.2, -0.15) is 0 Å². The summed E-state index contributed by atoms with van der Waals surface area (Å²) in [5.41, 5.74) is 5.02. The standard InChI is InChI=1S/C37H40O2/c38-35-23-21-31(25-33(35)27-13-5-1-6-14-27)37(29-17-9-3-10-18-29,30-19-11-4-12-20-30)32-22-24-36(39)34(26-32)28-15-7-2-8-16-28/h1-20,31-36,38-39H,21-26H2. The van der Waals surface area contributed by atoms with Crippen LogP contribution < -0.4 is 0 Å². The summed E-state index contributed by atoms with van der Waals surface area (Å²) in [6, 6.07) is 43.6. The van der Waals surface area contributed by atoms with Crippen LogP contribution in [0.3, 0.4) is 0 Å². The Hall–Kier alpha value is -3.20. The van der Waals surface area contributed by atoms with E-state index in [0.717, 1.165) is 38.5 Å². The lowest BCUT2D eigenvalue weighted by Crippen LogP contribution is -2.49. The molecule has 0 amide bonds. The molecule has 4 aromatic carbocycles. The fraction of sp³-hybridized carbons (Fsp3) is 0.351. The summed E-state index contributed by atoms with van der Waals surface area (Å²) < 4.78 is 0. The van der Waals surface area contributed by atoms with E-state index in [9.17, 15) is 10.2 Å². The maximum absolute atomic E-state index is 11.2. The fourth-order valence-corrected chi connectivity index (χ4v) is 8.12. The second-order valence-electron chi connectivity index (χ2n) is 11.8. The van der Waals surface area contributed by atoms with Crippen LogP contribution in [0.25, 0.3) is 0 Å². The summed E-state index contributed by atoms with van der Waals surface area (Å²) in [5, 5.41) is 22.5. The molecule has 6 atom stereocenters. The zero-order chi connectivity index (χ0) is 26.7. The highest BCUT2D eigenvalue weighted by Gasteiger charge is 2.52. The van der Waals surface area contributed by atoms with Crippen molar-refractivity contribution in [1.29, 1.82) is 0 Å². The maximum atomic E-state index is 11.2. The Morgan fingerprint density at radius 1 is 0.436 bits per heavy atom. The first-order valence-electron chi connectivity index (χ1n) is 14.7. The van der Waals surface area contributed by atoms with Crippen molar-refractivity contribution < 1.29 is 10.2 Å². The molecular weight excluding hydrogens is 476 g/mol. The Labute approximate surface area is 233 Å². The Morgan fingerprint density at radius 3 is 1.13 bits per heavy atom. The lowest BCUT2D eigenvalue weighted by atomic mass is 9.50. The van der Waals surface area contributed by atoms with Gasteiger partial charge in [-0.15, -0.1) is 0 Å². The summed E-state index contributed by atoms with van der Waals surface area (Å²) in [6.45, 7) is 0. The van der Waals surface area contributed by atoms with Gasteiger partial charge in [0.1, 0.15) is 0 Å². The quantitative estimate of drug-likeness (QED) is 0.274. The number of hydrogen-bond acceptors (Lipinski definition) is 2. The summed E-state index contributed by atoms with van der Waals surface area (Å²) in [6.07, 6.45) is 4.85. The van der Waals surface area contributed by atoms with Gasteiger partial charge in [0.05, 0.1) is 12.2 Å². The van der Waals surface area contributed by atoms with Gasteiger partial charge in [0.2, 0.25) is 0 Å². The molecule has 0 radical (unpaired) electrons. The third-order valence-corrected chi connectivity index (χ3v) is 9.87. The van der Waals surface area contributed by atoms with E-state index in [0.29, 0.717) is 11.8 Å². The Bertz CT molecular complexity index is 1200. The van der Waals surface area contributed by atoms with Crippen LogP contribution in [0, 0.1) is 11.8 Å². The molecule has 2 aliphatic rings. The third-order valence-electron chi connectivity index (χ3n) is 9.87. The maximum Gasteiger partial charge on any atom is 0.0608 e. The average Bonchev–Trinajstić information content (AvgIpc) is 3.01. The van der Waals surface area contributed by atoms with E-state index in [4.69, 9.17) is 0 Å². The van der Waals surface area contributed by atoms with Gasteiger partial charge < -0.3 is 10.2 Å². The topological polar surface area (TPSA) is 40.5 Å². The molecule has 2 fully saturated rings. The number of aliphatic hydroxyl groups excluding tert-OH is 2. The lowest BCUT2D eigenvalue weighted by Gasteiger charge is -2.53. The van der Waals surface area contributed by atoms with Gasteiger partial charge in [0.15, 0.2) is 0 Å². The molecule has 0 aromatic heterocycles. The largest absolute Gasteiger partial charge is 0.392 e. The van der Waals surface area contributed by atoms with Crippen molar-refractivity contribution in [3.63, 3.8) is 0 Å². The van der Waals surface area contributed by atoms with Gasteiger partial charge in [0, 0.05) is 17.3 Å². The molecule has 2 N–H and O–H groups in total. The molecule has 6 rings (SSSR count). The number of benzene rings is 4. The van der Waals surface area contributed by atoms with Crippen molar-refractivity contribution in [3.8, 4) is 0 Å². The molecule has 4 aromatic rings. The first kappa shape index (κ1) is 26.0. The molecule has 2 heteroatoms. The van der Waals surface area contributed by atoms with Gasteiger partial charge in [-0.3, -0.25) is 0 Å². The van der Waals surface area contributed by atoms with Crippen molar-refractivity contribution in [3.05, 3.63) is 144 Å². The lowest BCUT2D eigenvalue weighted by molar-refractivity contribution is 0.0217. The minimum absolute atomic E-state index is 0.121. The smallest absolute Gasteiger partial charge is 0.0608 e. The van der Waals surface area contributed by atoms with Crippen LogP contribution in [-0.2, 0) is 5.41 Å². The number of aliphatic hydroxyl groups is 2. The van der Waals surface area contributed by atoms with Gasteiger partial charge in [0.25, 0.3) is 0 Å². The second-order valence-corrected chi connectivity index (χ2v) is 11.8. The molecule has 0 heterocycles. The Kier molecular flexibility index (Phi) is 7.68. The van der Waals surface area contributed by atoms with Gasteiger partial charge in [-0.1, -0.05) is 121 Å². The van der Waals surface area contributed by atoms with E-state index in [2.05, 4.69) is 121 Å². The summed E-state index contributed by atoms with van der Waals surface area (Å²) in [7, 11) is 0. The summed E-state index contributed by atoms with van der Waals surface area (Å²) >= 11 is 0. The second kappa shape index (κ2) is 11.5. The Balaban J connectivity index is 1.50. The monoisotopic (exact) mass is 516 g/mol. The molecule has 0 aliphatic heterocycles. The van der Waals surface area contributed by atoms with Crippen molar-refractivity contribution >= 4 is 0 Å². The molecule has 2 nitrogen and oxygen atoms in total. The molecular formula is C37H40O2. The number of rotatable bonds is 6. The van der Waals surface area contributed by atoms with Crippen LogP contribution >= 0.6 is 0 Å². The van der Waals surface area contributed by atoms with Gasteiger partial charge in [-0.25, -0.2) is 0 Å². The van der Waals surface area contributed by atoms with E-state index < -0.39 is 0 Å². The minimum Gasteiger partial charge on any atom is -0.392 e. The SMILES string of the molecule is OC1CCC(C(c2ccccc2)(c2ccccc2)C2CCC(O)C(c3ccccc3)C2)CC1c1ccccc1. The highest BCUT2D eigenvalue weighted by atomic mass is 16.3. The average molecular weight is 517 g/mol. The third kappa shape index (κ3) is 4.97. The van der Waals surface area contributed by atoms with E-state index in [-0.39, 0.29) is 29.5 Å². The molecule has 2 saturated carbocycles. The van der Waals surface area contributed by atoms with Crippen molar-refractivity contribution in [2.45, 2.75) is 68.0 Å². The van der Waals surface area contributed by atoms with Gasteiger partial charge in [-0.05, 0) is 72.6 Å². The van der Waals surface area contributed by atoms with E-state index in [1.54, 1.807) is 0 Å². The first-order chi connectivity index (χ1) is 19.2. The molecule has 0 spiro atoms. The van der Waals surface area contributed by atoms with Crippen LogP contribution in [0.4, 0.5) is 0 Å². The highest BCUT2D eigenvalue weighted by molar-refractivity contribution is 5.43. The fourth-order valence-electron chi connectivity index (χ4n) is 8.12. The van der Waals surface area contributed by atoms with E-state index in [1.165, 1.54) is 22.3 Å². The van der Waals surface area contributed by atoms with E-state index in [1.807, 2.05) is 0 Å². The Morgan fingerprint density at radius 2 is 0.769 bits per heavy atom. The highest BCUT2D eigenvalue weighted by Crippen LogP contribution is 2.57. The zero-order valence-electron chi connectivity index (χ0n) is 22.6. The normalized spacial score (nSPS) is 27.6. The molecule has 0 bridgehead atoms. The van der Waals surface area contributed by atoms with Crippen LogP contribution in [0.1, 0.15) is 72.6 Å². The van der Waals surface area contributed by atoms with Crippen LogP contribution in [-0.4, -0.2) is 22.4 Å². The molecule has 2 aliphatic carbocycles. The van der Waals surface area contributed by atoms with Crippen molar-refractivity contribution in [2.75, 3.05) is 0 Å². The zero-order valence-corrected chi connectivity index (χ0v) is 22.6. The van der Waals surface area contributed by atoms with Crippen molar-refractivity contribution in [2.24, 2.45) is 11.8 Å². The van der Waals surface area contributed by atoms with Gasteiger partial charge >= 0.3 is 0 Å². The van der Waals surface area contributed by atoms with Crippen LogP contribution in [0.15, 0.2) is 121 Å². The van der Waals surface area contributed by atoms with Crippen molar-refractivity contribution in [1.82, 2.24) is 0 Å². The van der Waals surface area contributed by atoms with Crippen LogP contribution in [0.2, 0.25) is 0 Å². The predicted octanol–water partition coefficient (Wildman–Crippen LogP) is 7.86. The van der Waals surface area contributed by atoms with E-state index >= 15 is 0 Å². The molecule has 39 heavy (non-hydrogen) atoms. The first-order valence-corrected chi connectivity index (χ1v) is 14.7. The molecule has 0 saturated heterocycles. The van der Waals surface area contributed by atoms with Crippen LogP contribution in [0.5, 0.6) is 0 Å². The number of hydrogen-bond donors (Lipinski definition) is 2. The minimum atomic E-state index is -0.321. The predicted molar refractivity (Wildman–Crippen MR) is 159 cm³/mol. The summed E-state index contributed by atoms with van der Waals surface area (Å²) in [5.74, 6) is 0.979. The summed E-state index contributed by atoms with van der Waals surface area (Å²) in [4.78, 5) is 0. The molecule has 6 unspecified atom stereocenters.